The van der Waals surface area contributed by atoms with Crippen LogP contribution in [0.2, 0.25) is 0 Å². The molecule has 24 heavy (non-hydrogen) atoms. The molecule has 0 unspecified atom stereocenters. The van der Waals surface area contributed by atoms with E-state index < -0.39 is 5.76 Å². The number of carbonyl (C=O) groups excluding carboxylic acids is 1. The zero-order valence-corrected chi connectivity index (χ0v) is 13.5. The highest BCUT2D eigenvalue weighted by atomic mass is 16.4. The Kier molecular flexibility index (Phi) is 3.30. The van der Waals surface area contributed by atoms with Crippen LogP contribution >= 0.6 is 0 Å². The van der Waals surface area contributed by atoms with Crippen molar-refractivity contribution in [1.29, 1.82) is 0 Å². The number of aryl methyl sites for hydroxylation is 1. The Bertz CT molecular complexity index is 955. The Morgan fingerprint density at radius 3 is 2.83 bits per heavy atom. The fraction of sp³-hybridized carbons (Fsp3) is 0.353. The van der Waals surface area contributed by atoms with Crippen molar-refractivity contribution in [3.63, 3.8) is 0 Å². The Morgan fingerprint density at radius 1 is 1.38 bits per heavy atom. The van der Waals surface area contributed by atoms with Gasteiger partial charge in [0.2, 0.25) is 0 Å². The van der Waals surface area contributed by atoms with Gasteiger partial charge in [-0.2, -0.15) is 4.68 Å². The maximum atomic E-state index is 12.6. The van der Waals surface area contributed by atoms with Gasteiger partial charge in [0.05, 0.1) is 6.26 Å². The number of furan rings is 1. The standard InChI is InChI=1S/C17H17N3O4/c1-10-8-13(11(2)20(10)12-5-6-12)14(21)9-19-17(22)24-16(18-19)15-4-3-7-23-15/h3-4,7-8,12H,5-6,9H2,1-2H3. The van der Waals surface area contributed by atoms with Gasteiger partial charge in [-0.1, -0.05) is 0 Å². The van der Waals surface area contributed by atoms with Gasteiger partial charge in [0.15, 0.2) is 11.5 Å². The Morgan fingerprint density at radius 2 is 2.17 bits per heavy atom. The van der Waals surface area contributed by atoms with Gasteiger partial charge in [0, 0.05) is 23.0 Å². The lowest BCUT2D eigenvalue weighted by Crippen LogP contribution is -2.22. The van der Waals surface area contributed by atoms with E-state index in [1.54, 1.807) is 12.1 Å². The molecule has 1 fully saturated rings. The van der Waals surface area contributed by atoms with Crippen LogP contribution in [0.3, 0.4) is 0 Å². The lowest BCUT2D eigenvalue weighted by atomic mass is 10.1. The van der Waals surface area contributed by atoms with Crippen LogP contribution in [0.25, 0.3) is 11.7 Å². The molecule has 0 spiro atoms. The van der Waals surface area contributed by atoms with Crippen molar-refractivity contribution in [2.24, 2.45) is 0 Å². The molecule has 1 aliphatic rings. The first kappa shape index (κ1) is 14.7. The first-order valence-electron chi connectivity index (χ1n) is 7.88. The van der Waals surface area contributed by atoms with Gasteiger partial charge >= 0.3 is 5.76 Å². The zero-order valence-electron chi connectivity index (χ0n) is 13.5. The molecule has 0 amide bonds. The van der Waals surface area contributed by atoms with Gasteiger partial charge in [-0.25, -0.2) is 4.79 Å². The Balaban J connectivity index is 1.61. The summed E-state index contributed by atoms with van der Waals surface area (Å²) in [6, 6.07) is 5.70. The van der Waals surface area contributed by atoms with Crippen LogP contribution in [0.5, 0.6) is 0 Å². The summed E-state index contributed by atoms with van der Waals surface area (Å²) in [7, 11) is 0. The molecule has 0 bridgehead atoms. The highest BCUT2D eigenvalue weighted by Gasteiger charge is 2.28. The van der Waals surface area contributed by atoms with E-state index in [-0.39, 0.29) is 18.2 Å². The highest BCUT2D eigenvalue weighted by Crippen LogP contribution is 2.38. The normalized spacial score (nSPS) is 14.2. The van der Waals surface area contributed by atoms with Crippen molar-refractivity contribution in [1.82, 2.24) is 14.3 Å². The first-order chi connectivity index (χ1) is 11.5. The SMILES string of the molecule is Cc1cc(C(=O)Cn2nc(-c3ccco3)oc2=O)c(C)n1C1CC1. The summed E-state index contributed by atoms with van der Waals surface area (Å²) in [5.41, 5.74) is 2.65. The number of ketones is 1. The lowest BCUT2D eigenvalue weighted by Gasteiger charge is -2.07. The third-order valence-corrected chi connectivity index (χ3v) is 4.33. The molecule has 0 atom stereocenters. The lowest BCUT2D eigenvalue weighted by molar-refractivity contribution is 0.0964. The topological polar surface area (TPSA) is 83.2 Å². The van der Waals surface area contributed by atoms with Crippen molar-refractivity contribution in [3.8, 4) is 11.7 Å². The van der Waals surface area contributed by atoms with Crippen LogP contribution in [-0.4, -0.2) is 20.1 Å². The van der Waals surface area contributed by atoms with E-state index in [4.69, 9.17) is 8.83 Å². The highest BCUT2D eigenvalue weighted by molar-refractivity contribution is 5.97. The van der Waals surface area contributed by atoms with Gasteiger partial charge in [-0.05, 0) is 44.9 Å². The molecule has 7 nitrogen and oxygen atoms in total. The molecule has 0 aliphatic heterocycles. The minimum absolute atomic E-state index is 0.0706. The van der Waals surface area contributed by atoms with Crippen LogP contribution in [0.15, 0.2) is 38.1 Å². The van der Waals surface area contributed by atoms with Crippen LogP contribution in [0.4, 0.5) is 0 Å². The fourth-order valence-corrected chi connectivity index (χ4v) is 3.08. The average molecular weight is 327 g/mol. The Labute approximate surface area is 137 Å². The van der Waals surface area contributed by atoms with Crippen LogP contribution in [0, 0.1) is 13.8 Å². The number of Topliss-reactive ketones (excluding diaryl/α,β-unsaturated/α-hetero) is 1. The van der Waals surface area contributed by atoms with Crippen molar-refractivity contribution in [2.75, 3.05) is 0 Å². The van der Waals surface area contributed by atoms with E-state index in [0.29, 0.717) is 17.4 Å². The van der Waals surface area contributed by atoms with Gasteiger partial charge < -0.3 is 13.4 Å². The van der Waals surface area contributed by atoms with E-state index in [9.17, 15) is 9.59 Å². The third-order valence-electron chi connectivity index (χ3n) is 4.33. The molecule has 3 heterocycles. The van der Waals surface area contributed by atoms with Crippen molar-refractivity contribution in [3.05, 3.63) is 52.0 Å². The summed E-state index contributed by atoms with van der Waals surface area (Å²) in [4.78, 5) is 24.5. The number of carbonyl (C=O) groups is 1. The van der Waals surface area contributed by atoms with Crippen LogP contribution in [-0.2, 0) is 6.54 Å². The molecule has 124 valence electrons. The number of aromatic nitrogens is 3. The second-order valence-corrected chi connectivity index (χ2v) is 6.12. The average Bonchev–Trinajstić information content (AvgIpc) is 2.96. The maximum Gasteiger partial charge on any atom is 0.437 e. The number of hydrogen-bond donors (Lipinski definition) is 0. The molecular formula is C17H17N3O4. The smallest absolute Gasteiger partial charge is 0.437 e. The molecule has 0 radical (unpaired) electrons. The quantitative estimate of drug-likeness (QED) is 0.673. The fourth-order valence-electron chi connectivity index (χ4n) is 3.08. The predicted octanol–water partition coefficient (Wildman–Crippen LogP) is 2.73. The second-order valence-electron chi connectivity index (χ2n) is 6.12. The summed E-state index contributed by atoms with van der Waals surface area (Å²) in [6.07, 6.45) is 3.77. The largest absolute Gasteiger partial charge is 0.459 e. The third kappa shape index (κ3) is 2.42. The molecule has 3 aromatic heterocycles. The van der Waals surface area contributed by atoms with Gasteiger partial charge in [-0.15, -0.1) is 5.10 Å². The van der Waals surface area contributed by atoms with E-state index in [1.165, 1.54) is 6.26 Å². The second kappa shape index (κ2) is 5.36. The number of nitrogens with zero attached hydrogens (tertiary/aromatic N) is 3. The summed E-state index contributed by atoms with van der Waals surface area (Å²) in [5, 5.41) is 4.04. The van der Waals surface area contributed by atoms with Crippen molar-refractivity contribution in [2.45, 2.75) is 39.3 Å². The van der Waals surface area contributed by atoms with Crippen molar-refractivity contribution < 1.29 is 13.6 Å². The summed E-state index contributed by atoms with van der Waals surface area (Å²) < 4.78 is 13.4. The summed E-state index contributed by atoms with van der Waals surface area (Å²) in [5.74, 6) is -0.409. The molecule has 0 N–H and O–H groups in total. The summed E-state index contributed by atoms with van der Waals surface area (Å²) >= 11 is 0. The zero-order chi connectivity index (χ0) is 16.8. The van der Waals surface area contributed by atoms with Gasteiger partial charge in [0.25, 0.3) is 5.89 Å². The van der Waals surface area contributed by atoms with Gasteiger partial charge in [-0.3, -0.25) is 4.79 Å². The first-order valence-corrected chi connectivity index (χ1v) is 7.88. The van der Waals surface area contributed by atoms with Gasteiger partial charge in [0.1, 0.15) is 6.54 Å². The Hall–Kier alpha value is -2.83. The molecule has 1 aliphatic carbocycles. The maximum absolute atomic E-state index is 12.6. The molecule has 1 saturated carbocycles. The molecule has 4 rings (SSSR count). The number of rotatable bonds is 5. The van der Waals surface area contributed by atoms with Crippen LogP contribution in [0.1, 0.15) is 40.6 Å². The van der Waals surface area contributed by atoms with E-state index >= 15 is 0 Å². The van der Waals surface area contributed by atoms with E-state index in [2.05, 4.69) is 9.67 Å². The monoisotopic (exact) mass is 327 g/mol. The minimum Gasteiger partial charge on any atom is -0.459 e. The predicted molar refractivity (Wildman–Crippen MR) is 85.0 cm³/mol. The minimum atomic E-state index is -0.675. The molecule has 7 heteroatoms. The molecule has 0 aromatic carbocycles. The molecule has 0 saturated heterocycles. The van der Waals surface area contributed by atoms with E-state index in [0.717, 1.165) is 28.9 Å². The van der Waals surface area contributed by atoms with Crippen molar-refractivity contribution >= 4 is 5.78 Å². The van der Waals surface area contributed by atoms with E-state index in [1.807, 2.05) is 19.9 Å². The molecular weight excluding hydrogens is 310 g/mol. The molecule has 3 aromatic rings. The van der Waals surface area contributed by atoms with Crippen LogP contribution < -0.4 is 5.76 Å². The summed E-state index contributed by atoms with van der Waals surface area (Å²) in [6.45, 7) is 3.79. The number of hydrogen-bond acceptors (Lipinski definition) is 5.